The standard InChI is InChI=1S/C33H32O4/c1-3-31(26-13-9-6-10-14-26)33(28-17-21-30(22-18-28)37-24-32(34)35-4-2)27-15-19-29(20-16-27)36-23-25-11-7-5-8-12-25/h5-22H,3-4,23-24H2,1-2H3/b33-31-. The summed E-state index contributed by atoms with van der Waals surface area (Å²) in [5, 5.41) is 0. The van der Waals surface area contributed by atoms with Gasteiger partial charge in [-0.05, 0) is 71.0 Å². The van der Waals surface area contributed by atoms with Crippen LogP contribution in [0.5, 0.6) is 11.5 Å². The molecule has 0 saturated heterocycles. The van der Waals surface area contributed by atoms with E-state index in [1.165, 1.54) is 11.1 Å². The molecule has 0 aliphatic carbocycles. The maximum absolute atomic E-state index is 11.7. The average Bonchev–Trinajstić information content (AvgIpc) is 2.95. The zero-order chi connectivity index (χ0) is 25.9. The lowest BCUT2D eigenvalue weighted by Gasteiger charge is -2.17. The Labute approximate surface area is 219 Å². The van der Waals surface area contributed by atoms with Crippen LogP contribution >= 0.6 is 0 Å². The number of carbonyl (C=O) groups is 1. The molecule has 0 atom stereocenters. The van der Waals surface area contributed by atoms with Crippen molar-refractivity contribution in [2.24, 2.45) is 0 Å². The molecule has 4 heteroatoms. The lowest BCUT2D eigenvalue weighted by atomic mass is 9.88. The van der Waals surface area contributed by atoms with Crippen LogP contribution in [0.1, 0.15) is 42.5 Å². The lowest BCUT2D eigenvalue weighted by Crippen LogP contribution is -2.14. The van der Waals surface area contributed by atoms with Crippen LogP contribution in [0.15, 0.2) is 109 Å². The molecule has 0 saturated carbocycles. The van der Waals surface area contributed by atoms with Crippen molar-refractivity contribution in [3.63, 3.8) is 0 Å². The van der Waals surface area contributed by atoms with Gasteiger partial charge in [-0.25, -0.2) is 4.79 Å². The van der Waals surface area contributed by atoms with Crippen LogP contribution in [-0.4, -0.2) is 19.2 Å². The van der Waals surface area contributed by atoms with Crippen LogP contribution in [0.4, 0.5) is 0 Å². The predicted octanol–water partition coefficient (Wildman–Crippen LogP) is 7.58. The number of ether oxygens (including phenoxy) is 3. The van der Waals surface area contributed by atoms with E-state index in [0.717, 1.165) is 34.4 Å². The van der Waals surface area contributed by atoms with Crippen LogP contribution in [0.3, 0.4) is 0 Å². The Kier molecular flexibility index (Phi) is 9.14. The van der Waals surface area contributed by atoms with Gasteiger partial charge in [-0.1, -0.05) is 91.9 Å². The van der Waals surface area contributed by atoms with Gasteiger partial charge in [0.25, 0.3) is 0 Å². The average molecular weight is 493 g/mol. The molecule has 37 heavy (non-hydrogen) atoms. The Morgan fingerprint density at radius 1 is 0.622 bits per heavy atom. The minimum atomic E-state index is -0.376. The van der Waals surface area contributed by atoms with Gasteiger partial charge in [0.05, 0.1) is 6.61 Å². The number of allylic oxidation sites excluding steroid dienone is 1. The summed E-state index contributed by atoms with van der Waals surface area (Å²) in [7, 11) is 0. The maximum Gasteiger partial charge on any atom is 0.344 e. The van der Waals surface area contributed by atoms with Crippen LogP contribution in [0, 0.1) is 0 Å². The van der Waals surface area contributed by atoms with Gasteiger partial charge < -0.3 is 14.2 Å². The zero-order valence-electron chi connectivity index (χ0n) is 21.4. The number of rotatable bonds is 11. The monoisotopic (exact) mass is 492 g/mol. The fraction of sp³-hybridized carbons (Fsp3) is 0.182. The molecule has 4 aromatic carbocycles. The maximum atomic E-state index is 11.7. The fourth-order valence-corrected chi connectivity index (χ4v) is 4.20. The third kappa shape index (κ3) is 7.11. The molecular formula is C33H32O4. The summed E-state index contributed by atoms with van der Waals surface area (Å²) in [4.78, 5) is 11.7. The summed E-state index contributed by atoms with van der Waals surface area (Å²) in [5.74, 6) is 1.07. The van der Waals surface area contributed by atoms with Crippen molar-refractivity contribution in [1.82, 2.24) is 0 Å². The van der Waals surface area contributed by atoms with Gasteiger partial charge in [0, 0.05) is 0 Å². The van der Waals surface area contributed by atoms with Crippen molar-refractivity contribution in [2.45, 2.75) is 26.9 Å². The highest BCUT2D eigenvalue weighted by Gasteiger charge is 2.14. The summed E-state index contributed by atoms with van der Waals surface area (Å²) >= 11 is 0. The summed E-state index contributed by atoms with van der Waals surface area (Å²) in [6, 6.07) is 36.7. The Hall–Kier alpha value is -4.31. The Morgan fingerprint density at radius 3 is 1.70 bits per heavy atom. The highest BCUT2D eigenvalue weighted by atomic mass is 16.6. The van der Waals surface area contributed by atoms with Crippen molar-refractivity contribution >= 4 is 17.1 Å². The molecule has 0 fully saturated rings. The topological polar surface area (TPSA) is 44.8 Å². The molecule has 0 spiro atoms. The zero-order valence-corrected chi connectivity index (χ0v) is 21.4. The molecule has 0 amide bonds. The Morgan fingerprint density at radius 2 is 1.16 bits per heavy atom. The SMILES string of the molecule is CCOC(=O)COc1ccc(/C(=C(/CC)c2ccccc2)c2ccc(OCc3ccccc3)cc2)cc1. The first-order valence-corrected chi connectivity index (χ1v) is 12.6. The van der Waals surface area contributed by atoms with Crippen LogP contribution in [0.2, 0.25) is 0 Å². The van der Waals surface area contributed by atoms with Gasteiger partial charge in [-0.2, -0.15) is 0 Å². The smallest absolute Gasteiger partial charge is 0.344 e. The van der Waals surface area contributed by atoms with E-state index in [-0.39, 0.29) is 12.6 Å². The van der Waals surface area contributed by atoms with Gasteiger partial charge in [-0.15, -0.1) is 0 Å². The quantitative estimate of drug-likeness (QED) is 0.160. The highest BCUT2D eigenvalue weighted by molar-refractivity contribution is 5.98. The first-order valence-electron chi connectivity index (χ1n) is 12.6. The summed E-state index contributed by atoms with van der Waals surface area (Å²) < 4.78 is 16.6. The van der Waals surface area contributed by atoms with E-state index >= 15 is 0 Å². The number of hydrogen-bond acceptors (Lipinski definition) is 4. The van der Waals surface area contributed by atoms with Crippen LogP contribution in [-0.2, 0) is 16.1 Å². The molecule has 4 nitrogen and oxygen atoms in total. The van der Waals surface area contributed by atoms with E-state index in [1.54, 1.807) is 6.92 Å². The molecule has 0 radical (unpaired) electrons. The molecule has 4 rings (SSSR count). The number of hydrogen-bond donors (Lipinski definition) is 0. The molecule has 0 heterocycles. The highest BCUT2D eigenvalue weighted by Crippen LogP contribution is 2.35. The van der Waals surface area contributed by atoms with Gasteiger partial charge in [0.2, 0.25) is 0 Å². The summed E-state index contributed by atoms with van der Waals surface area (Å²) in [6.07, 6.45) is 0.868. The van der Waals surface area contributed by atoms with E-state index in [4.69, 9.17) is 14.2 Å². The minimum Gasteiger partial charge on any atom is -0.489 e. The summed E-state index contributed by atoms with van der Waals surface area (Å²) in [5.41, 5.74) is 6.90. The molecule has 0 aliphatic rings. The molecule has 0 bridgehead atoms. The number of esters is 1. The van der Waals surface area contributed by atoms with E-state index in [9.17, 15) is 4.79 Å². The molecule has 0 aromatic heterocycles. The minimum absolute atomic E-state index is 0.107. The van der Waals surface area contributed by atoms with E-state index in [1.807, 2.05) is 60.7 Å². The molecule has 0 N–H and O–H groups in total. The number of carbonyl (C=O) groups excluding carboxylic acids is 1. The largest absolute Gasteiger partial charge is 0.489 e. The second-order valence-corrected chi connectivity index (χ2v) is 8.49. The number of benzene rings is 4. The van der Waals surface area contributed by atoms with Gasteiger partial charge >= 0.3 is 5.97 Å². The van der Waals surface area contributed by atoms with Crippen molar-refractivity contribution in [1.29, 1.82) is 0 Å². The van der Waals surface area contributed by atoms with Crippen LogP contribution in [0.25, 0.3) is 11.1 Å². The molecule has 4 aromatic rings. The van der Waals surface area contributed by atoms with Crippen molar-refractivity contribution < 1.29 is 19.0 Å². The van der Waals surface area contributed by atoms with Crippen LogP contribution < -0.4 is 9.47 Å². The Balaban J connectivity index is 1.62. The van der Waals surface area contributed by atoms with Gasteiger partial charge in [0.1, 0.15) is 18.1 Å². The molecule has 188 valence electrons. The first-order chi connectivity index (χ1) is 18.2. The second kappa shape index (κ2) is 13.1. The van der Waals surface area contributed by atoms with E-state index in [0.29, 0.717) is 19.0 Å². The van der Waals surface area contributed by atoms with E-state index < -0.39 is 0 Å². The molecule has 0 aliphatic heterocycles. The second-order valence-electron chi connectivity index (χ2n) is 8.49. The summed E-state index contributed by atoms with van der Waals surface area (Å²) in [6.45, 7) is 4.71. The third-order valence-electron chi connectivity index (χ3n) is 5.97. The van der Waals surface area contributed by atoms with Crippen molar-refractivity contribution in [2.75, 3.05) is 13.2 Å². The van der Waals surface area contributed by atoms with Gasteiger partial charge in [-0.3, -0.25) is 0 Å². The fourth-order valence-electron chi connectivity index (χ4n) is 4.20. The molecule has 0 unspecified atom stereocenters. The first kappa shape index (κ1) is 25.8. The molecular weight excluding hydrogens is 460 g/mol. The Bertz CT molecular complexity index is 1290. The lowest BCUT2D eigenvalue weighted by molar-refractivity contribution is -0.145. The third-order valence-corrected chi connectivity index (χ3v) is 5.97. The predicted molar refractivity (Wildman–Crippen MR) is 148 cm³/mol. The van der Waals surface area contributed by atoms with Crippen molar-refractivity contribution in [3.05, 3.63) is 131 Å². The van der Waals surface area contributed by atoms with Crippen molar-refractivity contribution in [3.8, 4) is 11.5 Å². The normalized spacial score (nSPS) is 11.4. The van der Waals surface area contributed by atoms with Gasteiger partial charge in [0.15, 0.2) is 6.61 Å². The van der Waals surface area contributed by atoms with E-state index in [2.05, 4.69) is 55.5 Å².